The van der Waals surface area contributed by atoms with Gasteiger partial charge in [-0.2, -0.15) is 0 Å². The van der Waals surface area contributed by atoms with Gasteiger partial charge in [-0.3, -0.25) is 4.79 Å². The number of rotatable bonds is 5. The highest BCUT2D eigenvalue weighted by atomic mass is 35.5. The summed E-state index contributed by atoms with van der Waals surface area (Å²) in [6, 6.07) is 13.9. The van der Waals surface area contributed by atoms with E-state index in [-0.39, 0.29) is 17.2 Å². The number of carbonyl (C=O) groups is 2. The third-order valence-electron chi connectivity index (χ3n) is 3.19. The Morgan fingerprint density at radius 1 is 1.22 bits per heavy atom. The van der Waals surface area contributed by atoms with Crippen molar-refractivity contribution in [2.45, 2.75) is 19.6 Å². The van der Waals surface area contributed by atoms with Gasteiger partial charge in [0.1, 0.15) is 0 Å². The fourth-order valence-electron chi connectivity index (χ4n) is 1.88. The van der Waals surface area contributed by atoms with E-state index in [9.17, 15) is 9.59 Å². The van der Waals surface area contributed by atoms with Gasteiger partial charge in [0.05, 0.1) is 16.3 Å². The number of hydrogen-bond donors (Lipinski definition) is 2. The molecule has 0 aliphatic heterocycles. The molecule has 6 heteroatoms. The molecule has 23 heavy (non-hydrogen) atoms. The lowest BCUT2D eigenvalue weighted by atomic mass is 10.2. The lowest BCUT2D eigenvalue weighted by Crippen LogP contribution is -2.35. The van der Waals surface area contributed by atoms with Gasteiger partial charge in [-0.05, 0) is 30.7 Å². The van der Waals surface area contributed by atoms with Gasteiger partial charge in [0, 0.05) is 6.54 Å². The highest BCUT2D eigenvalue weighted by Crippen LogP contribution is 2.20. The maximum Gasteiger partial charge on any atom is 0.338 e. The summed E-state index contributed by atoms with van der Waals surface area (Å²) in [5.74, 6) is -1.00. The molecule has 120 valence electrons. The standard InChI is InChI=1S/C17H17ClN2O3/c1-11(16(21)20-10-12-5-3-2-4-6-12)23-17(22)13-7-8-14(18)15(19)9-13/h2-9,11H,10,19H2,1H3,(H,20,21). The van der Waals surface area contributed by atoms with Crippen molar-refractivity contribution in [3.05, 3.63) is 64.7 Å². The highest BCUT2D eigenvalue weighted by Gasteiger charge is 2.19. The molecule has 0 aliphatic rings. The molecular weight excluding hydrogens is 316 g/mol. The van der Waals surface area contributed by atoms with Crippen LogP contribution in [-0.4, -0.2) is 18.0 Å². The lowest BCUT2D eigenvalue weighted by Gasteiger charge is -2.14. The smallest absolute Gasteiger partial charge is 0.338 e. The Labute approximate surface area is 139 Å². The Bertz CT molecular complexity index is 704. The second kappa shape index (κ2) is 7.65. The number of ether oxygens (including phenoxy) is 1. The van der Waals surface area contributed by atoms with Gasteiger partial charge in [0.25, 0.3) is 5.91 Å². The van der Waals surface area contributed by atoms with Gasteiger partial charge in [-0.1, -0.05) is 41.9 Å². The molecule has 0 aromatic heterocycles. The monoisotopic (exact) mass is 332 g/mol. The number of amides is 1. The lowest BCUT2D eigenvalue weighted by molar-refractivity contribution is -0.129. The second-order valence-electron chi connectivity index (χ2n) is 4.99. The Balaban J connectivity index is 1.89. The largest absolute Gasteiger partial charge is 0.449 e. The minimum Gasteiger partial charge on any atom is -0.449 e. The molecule has 0 saturated carbocycles. The quantitative estimate of drug-likeness (QED) is 0.651. The van der Waals surface area contributed by atoms with Crippen molar-refractivity contribution in [1.29, 1.82) is 0 Å². The van der Waals surface area contributed by atoms with Crippen molar-refractivity contribution in [1.82, 2.24) is 5.32 Å². The molecule has 1 atom stereocenters. The summed E-state index contributed by atoms with van der Waals surface area (Å²) in [5, 5.41) is 3.07. The van der Waals surface area contributed by atoms with Gasteiger partial charge in [-0.15, -0.1) is 0 Å². The number of nitrogen functional groups attached to an aromatic ring is 1. The second-order valence-corrected chi connectivity index (χ2v) is 5.39. The van der Waals surface area contributed by atoms with Crippen LogP contribution < -0.4 is 11.1 Å². The first kappa shape index (κ1) is 16.8. The van der Waals surface area contributed by atoms with Crippen LogP contribution in [0.1, 0.15) is 22.8 Å². The van der Waals surface area contributed by atoms with Crippen LogP contribution in [-0.2, 0) is 16.1 Å². The average molecular weight is 333 g/mol. The molecule has 0 radical (unpaired) electrons. The van der Waals surface area contributed by atoms with Crippen molar-refractivity contribution in [2.75, 3.05) is 5.73 Å². The fourth-order valence-corrected chi connectivity index (χ4v) is 2.00. The SMILES string of the molecule is CC(OC(=O)c1ccc(Cl)c(N)c1)C(=O)NCc1ccccc1. The number of hydrogen-bond acceptors (Lipinski definition) is 4. The van der Waals surface area contributed by atoms with E-state index in [2.05, 4.69) is 5.32 Å². The molecule has 0 fully saturated rings. The summed E-state index contributed by atoms with van der Waals surface area (Å²) >= 11 is 5.80. The number of benzene rings is 2. The van der Waals surface area contributed by atoms with Crippen LogP contribution in [0.3, 0.4) is 0 Å². The maximum absolute atomic E-state index is 12.0. The molecular formula is C17H17ClN2O3. The Morgan fingerprint density at radius 2 is 1.91 bits per heavy atom. The number of carbonyl (C=O) groups excluding carboxylic acids is 2. The molecule has 3 N–H and O–H groups in total. The van der Waals surface area contributed by atoms with E-state index in [1.807, 2.05) is 30.3 Å². The minimum atomic E-state index is -0.914. The van der Waals surface area contributed by atoms with Crippen molar-refractivity contribution in [2.24, 2.45) is 0 Å². The van der Waals surface area contributed by atoms with Crippen LogP contribution in [0.25, 0.3) is 0 Å². The predicted molar refractivity (Wildman–Crippen MR) is 89.0 cm³/mol. The summed E-state index contributed by atoms with van der Waals surface area (Å²) in [7, 11) is 0. The van der Waals surface area contributed by atoms with Crippen LogP contribution in [0.5, 0.6) is 0 Å². The van der Waals surface area contributed by atoms with Crippen LogP contribution in [0, 0.1) is 0 Å². The Morgan fingerprint density at radius 3 is 2.57 bits per heavy atom. The molecule has 2 aromatic carbocycles. The summed E-state index contributed by atoms with van der Waals surface area (Å²) in [5.41, 5.74) is 7.13. The van der Waals surface area contributed by atoms with Crippen molar-refractivity contribution in [3.63, 3.8) is 0 Å². The van der Waals surface area contributed by atoms with Gasteiger partial charge in [0.15, 0.2) is 6.10 Å². The zero-order chi connectivity index (χ0) is 16.8. The number of esters is 1. The summed E-state index contributed by atoms with van der Waals surface area (Å²) in [4.78, 5) is 24.0. The third-order valence-corrected chi connectivity index (χ3v) is 3.54. The molecule has 0 aliphatic carbocycles. The molecule has 1 unspecified atom stereocenters. The third kappa shape index (κ3) is 4.72. The predicted octanol–water partition coefficient (Wildman–Crippen LogP) is 2.78. The minimum absolute atomic E-state index is 0.245. The van der Waals surface area contributed by atoms with Crippen LogP contribution >= 0.6 is 11.6 Å². The molecule has 2 rings (SSSR count). The molecule has 2 aromatic rings. The molecule has 5 nitrogen and oxygen atoms in total. The van der Waals surface area contributed by atoms with Gasteiger partial charge >= 0.3 is 5.97 Å². The average Bonchev–Trinajstić information content (AvgIpc) is 2.55. The fraction of sp³-hybridized carbons (Fsp3) is 0.176. The molecule has 0 heterocycles. The van der Waals surface area contributed by atoms with E-state index < -0.39 is 12.1 Å². The Kier molecular flexibility index (Phi) is 5.60. The summed E-state index contributed by atoms with van der Waals surface area (Å²) < 4.78 is 5.13. The topological polar surface area (TPSA) is 81.4 Å². The van der Waals surface area contributed by atoms with E-state index >= 15 is 0 Å². The van der Waals surface area contributed by atoms with E-state index in [4.69, 9.17) is 22.1 Å². The molecule has 0 saturated heterocycles. The number of nitrogens with two attached hydrogens (primary N) is 1. The molecule has 1 amide bonds. The van der Waals surface area contributed by atoms with Crippen LogP contribution in [0.15, 0.2) is 48.5 Å². The zero-order valence-corrected chi connectivity index (χ0v) is 13.3. The van der Waals surface area contributed by atoms with Gasteiger partial charge in [-0.25, -0.2) is 4.79 Å². The summed E-state index contributed by atoms with van der Waals surface area (Å²) in [6.07, 6.45) is -0.914. The Hall–Kier alpha value is -2.53. The van der Waals surface area contributed by atoms with Crippen LogP contribution in [0.2, 0.25) is 5.02 Å². The van der Waals surface area contributed by atoms with Crippen molar-refractivity contribution in [3.8, 4) is 0 Å². The first-order valence-corrected chi connectivity index (χ1v) is 7.43. The molecule has 0 spiro atoms. The first-order valence-electron chi connectivity index (χ1n) is 7.05. The first-order chi connectivity index (χ1) is 11.0. The van der Waals surface area contributed by atoms with E-state index in [0.717, 1.165) is 5.56 Å². The number of nitrogens with one attached hydrogen (secondary N) is 1. The maximum atomic E-state index is 12.0. The number of halogens is 1. The van der Waals surface area contributed by atoms with E-state index in [1.54, 1.807) is 0 Å². The summed E-state index contributed by atoms with van der Waals surface area (Å²) in [6.45, 7) is 1.88. The highest BCUT2D eigenvalue weighted by molar-refractivity contribution is 6.33. The number of anilines is 1. The van der Waals surface area contributed by atoms with Crippen molar-refractivity contribution < 1.29 is 14.3 Å². The van der Waals surface area contributed by atoms with Crippen LogP contribution in [0.4, 0.5) is 5.69 Å². The van der Waals surface area contributed by atoms with Gasteiger partial charge in [0.2, 0.25) is 0 Å². The van der Waals surface area contributed by atoms with E-state index in [0.29, 0.717) is 11.6 Å². The zero-order valence-electron chi connectivity index (χ0n) is 12.6. The molecule has 0 bridgehead atoms. The van der Waals surface area contributed by atoms with E-state index in [1.165, 1.54) is 25.1 Å². The van der Waals surface area contributed by atoms with Gasteiger partial charge < -0.3 is 15.8 Å². The van der Waals surface area contributed by atoms with Crippen molar-refractivity contribution >= 4 is 29.2 Å². The normalized spacial score (nSPS) is 11.6.